The van der Waals surface area contributed by atoms with Gasteiger partial charge in [0.1, 0.15) is 18.1 Å². The van der Waals surface area contributed by atoms with Crippen LogP contribution in [0.4, 0.5) is 0 Å². The molecule has 2 aromatic carbocycles. The smallest absolute Gasteiger partial charge is 0.209 e. The van der Waals surface area contributed by atoms with E-state index in [0.29, 0.717) is 27.8 Å². The normalized spacial score (nSPS) is 11.0. The minimum absolute atomic E-state index is 0.167. The van der Waals surface area contributed by atoms with E-state index in [1.807, 2.05) is 12.1 Å². The molecule has 31 heavy (non-hydrogen) atoms. The molecule has 1 heterocycles. The van der Waals surface area contributed by atoms with Crippen LogP contribution in [0.3, 0.4) is 0 Å². The quantitative estimate of drug-likeness (QED) is 0.550. The van der Waals surface area contributed by atoms with Crippen molar-refractivity contribution in [2.75, 3.05) is 13.4 Å². The Bertz CT molecular complexity index is 1220. The van der Waals surface area contributed by atoms with E-state index >= 15 is 0 Å². The highest BCUT2D eigenvalue weighted by molar-refractivity contribution is 7.88. The first-order valence-electron chi connectivity index (χ1n) is 9.18. The molecule has 3 rings (SSSR count). The molecule has 0 saturated carbocycles. The summed E-state index contributed by atoms with van der Waals surface area (Å²) >= 11 is 6.42. The summed E-state index contributed by atoms with van der Waals surface area (Å²) in [7, 11) is -1.75. The number of hydrogen-bond donors (Lipinski definition) is 1. The first kappa shape index (κ1) is 22.6. The molecule has 0 amide bonds. The minimum Gasteiger partial charge on any atom is -0.496 e. The first-order chi connectivity index (χ1) is 14.8. The van der Waals surface area contributed by atoms with Crippen LogP contribution in [-0.2, 0) is 23.2 Å². The van der Waals surface area contributed by atoms with Crippen molar-refractivity contribution in [3.8, 4) is 28.7 Å². The van der Waals surface area contributed by atoms with Crippen molar-refractivity contribution in [3.63, 3.8) is 0 Å². The molecule has 0 spiro atoms. The highest BCUT2D eigenvalue weighted by Crippen LogP contribution is 2.33. The maximum Gasteiger partial charge on any atom is 0.209 e. The fourth-order valence-corrected chi connectivity index (χ4v) is 3.45. The van der Waals surface area contributed by atoms with Gasteiger partial charge in [-0.15, -0.1) is 0 Å². The standard InChI is InChI=1S/C22H20ClN3O4S/c1-29-22-9-16(12-26-31(2,27)28)5-8-19(22)17-10-20(23)21(25-13-17)14-30-18-6-3-15(11-24)4-7-18/h3-10,13,26H,12,14H2,1-2H3. The third-order valence-corrected chi connectivity index (χ3v) is 5.39. The topological polar surface area (TPSA) is 101 Å². The maximum absolute atomic E-state index is 11.3. The van der Waals surface area contributed by atoms with Crippen molar-refractivity contribution in [3.05, 3.63) is 76.6 Å². The Hall–Kier alpha value is -3.12. The van der Waals surface area contributed by atoms with Crippen molar-refractivity contribution in [1.82, 2.24) is 9.71 Å². The fraction of sp³-hybridized carbons (Fsp3) is 0.182. The van der Waals surface area contributed by atoms with Crippen molar-refractivity contribution >= 4 is 21.6 Å². The van der Waals surface area contributed by atoms with Crippen LogP contribution in [0.1, 0.15) is 16.8 Å². The molecule has 160 valence electrons. The van der Waals surface area contributed by atoms with E-state index in [4.69, 9.17) is 26.3 Å². The van der Waals surface area contributed by atoms with Crippen LogP contribution in [-0.4, -0.2) is 26.8 Å². The largest absolute Gasteiger partial charge is 0.496 e. The van der Waals surface area contributed by atoms with Crippen LogP contribution >= 0.6 is 11.6 Å². The Kier molecular flexibility index (Phi) is 7.13. The summed E-state index contributed by atoms with van der Waals surface area (Å²) in [6.45, 7) is 0.346. The average molecular weight is 458 g/mol. The maximum atomic E-state index is 11.3. The van der Waals surface area contributed by atoms with Gasteiger partial charge in [0.05, 0.1) is 35.7 Å². The molecule has 0 fully saturated rings. The predicted molar refractivity (Wildman–Crippen MR) is 118 cm³/mol. The van der Waals surface area contributed by atoms with Gasteiger partial charge < -0.3 is 9.47 Å². The molecule has 0 atom stereocenters. The molecule has 0 bridgehead atoms. The van der Waals surface area contributed by atoms with Gasteiger partial charge in [-0.3, -0.25) is 4.98 Å². The molecule has 7 nitrogen and oxygen atoms in total. The van der Waals surface area contributed by atoms with Crippen LogP contribution in [0, 0.1) is 11.3 Å². The zero-order valence-electron chi connectivity index (χ0n) is 16.9. The number of nitrogens with one attached hydrogen (secondary N) is 1. The van der Waals surface area contributed by atoms with E-state index < -0.39 is 10.0 Å². The molecule has 1 aromatic heterocycles. The summed E-state index contributed by atoms with van der Waals surface area (Å²) < 4.78 is 36.2. The van der Waals surface area contributed by atoms with Gasteiger partial charge in [0.2, 0.25) is 10.0 Å². The van der Waals surface area contributed by atoms with Crippen LogP contribution in [0.15, 0.2) is 54.7 Å². The second kappa shape index (κ2) is 9.79. The summed E-state index contributed by atoms with van der Waals surface area (Å²) in [5.74, 6) is 1.19. The van der Waals surface area contributed by atoms with E-state index in [1.165, 1.54) is 0 Å². The molecule has 9 heteroatoms. The van der Waals surface area contributed by atoms with Crippen LogP contribution in [0.2, 0.25) is 5.02 Å². The third-order valence-electron chi connectivity index (χ3n) is 4.39. The Balaban J connectivity index is 1.75. The lowest BCUT2D eigenvalue weighted by atomic mass is 10.0. The molecule has 0 aliphatic carbocycles. The number of ether oxygens (including phenoxy) is 2. The molecular formula is C22H20ClN3O4S. The van der Waals surface area contributed by atoms with E-state index in [0.717, 1.165) is 22.9 Å². The predicted octanol–water partition coefficient (Wildman–Crippen LogP) is 3.91. The monoisotopic (exact) mass is 457 g/mol. The minimum atomic E-state index is -3.29. The van der Waals surface area contributed by atoms with Crippen LogP contribution in [0.5, 0.6) is 11.5 Å². The van der Waals surface area contributed by atoms with Gasteiger partial charge in [0.25, 0.3) is 0 Å². The van der Waals surface area contributed by atoms with Crippen LogP contribution in [0.25, 0.3) is 11.1 Å². The number of aromatic nitrogens is 1. The Morgan fingerprint density at radius 2 is 1.90 bits per heavy atom. The number of halogens is 1. The Morgan fingerprint density at radius 1 is 1.16 bits per heavy atom. The van der Waals surface area contributed by atoms with Gasteiger partial charge >= 0.3 is 0 Å². The molecule has 0 radical (unpaired) electrons. The van der Waals surface area contributed by atoms with Gasteiger partial charge in [0.15, 0.2) is 0 Å². The van der Waals surface area contributed by atoms with Gasteiger partial charge in [-0.2, -0.15) is 5.26 Å². The van der Waals surface area contributed by atoms with E-state index in [-0.39, 0.29) is 13.2 Å². The molecule has 3 aromatic rings. The molecule has 1 N–H and O–H groups in total. The summed E-state index contributed by atoms with van der Waals surface area (Å²) in [6.07, 6.45) is 2.79. The average Bonchev–Trinajstić information content (AvgIpc) is 2.76. The zero-order chi connectivity index (χ0) is 22.4. The lowest BCUT2D eigenvalue weighted by Crippen LogP contribution is -2.21. The molecule has 0 aliphatic heterocycles. The summed E-state index contributed by atoms with van der Waals surface area (Å²) in [4.78, 5) is 4.41. The third kappa shape index (κ3) is 6.18. The van der Waals surface area contributed by atoms with Crippen molar-refractivity contribution < 1.29 is 17.9 Å². The molecular weight excluding hydrogens is 438 g/mol. The van der Waals surface area contributed by atoms with Crippen LogP contribution < -0.4 is 14.2 Å². The van der Waals surface area contributed by atoms with Crippen molar-refractivity contribution in [2.45, 2.75) is 13.2 Å². The summed E-state index contributed by atoms with van der Waals surface area (Å²) in [5.41, 5.74) is 3.42. The number of nitrogens with zero attached hydrogens (tertiary/aromatic N) is 2. The Labute approximate surface area is 186 Å². The fourth-order valence-electron chi connectivity index (χ4n) is 2.80. The molecule has 0 saturated heterocycles. The van der Waals surface area contributed by atoms with Crippen molar-refractivity contribution in [1.29, 1.82) is 5.26 Å². The second-order valence-electron chi connectivity index (χ2n) is 6.71. The zero-order valence-corrected chi connectivity index (χ0v) is 18.5. The number of hydrogen-bond acceptors (Lipinski definition) is 6. The lowest BCUT2D eigenvalue weighted by molar-refractivity contribution is 0.301. The van der Waals surface area contributed by atoms with Gasteiger partial charge in [-0.05, 0) is 42.0 Å². The van der Waals surface area contributed by atoms with Gasteiger partial charge in [-0.25, -0.2) is 13.1 Å². The molecule has 0 unspecified atom stereocenters. The highest BCUT2D eigenvalue weighted by atomic mass is 35.5. The first-order valence-corrected chi connectivity index (χ1v) is 11.5. The van der Waals surface area contributed by atoms with E-state index in [2.05, 4.69) is 15.8 Å². The van der Waals surface area contributed by atoms with E-state index in [1.54, 1.807) is 49.7 Å². The number of benzene rings is 2. The SMILES string of the molecule is COc1cc(CNS(C)(=O)=O)ccc1-c1cnc(COc2ccc(C#N)cc2)c(Cl)c1. The van der Waals surface area contributed by atoms with E-state index in [9.17, 15) is 8.42 Å². The van der Waals surface area contributed by atoms with Crippen molar-refractivity contribution in [2.24, 2.45) is 0 Å². The number of methoxy groups -OCH3 is 1. The Morgan fingerprint density at radius 3 is 2.52 bits per heavy atom. The highest BCUT2D eigenvalue weighted by Gasteiger charge is 2.12. The van der Waals surface area contributed by atoms with Gasteiger partial charge in [-0.1, -0.05) is 23.7 Å². The van der Waals surface area contributed by atoms with Gasteiger partial charge in [0, 0.05) is 23.9 Å². The summed E-state index contributed by atoms with van der Waals surface area (Å²) in [6, 6.07) is 16.0. The number of rotatable bonds is 8. The summed E-state index contributed by atoms with van der Waals surface area (Å²) in [5, 5.41) is 9.29. The number of sulfonamides is 1. The second-order valence-corrected chi connectivity index (χ2v) is 8.95. The number of nitriles is 1. The lowest BCUT2D eigenvalue weighted by Gasteiger charge is -2.13. The molecule has 0 aliphatic rings. The number of pyridine rings is 1.